The van der Waals surface area contributed by atoms with E-state index < -0.39 is 0 Å². The van der Waals surface area contributed by atoms with Crippen LogP contribution in [-0.2, 0) is 9.53 Å². The second-order valence-corrected chi connectivity index (χ2v) is 3.15. The second kappa shape index (κ2) is 8.93. The third-order valence-corrected chi connectivity index (χ3v) is 1.91. The molecule has 0 aliphatic heterocycles. The van der Waals surface area contributed by atoms with E-state index in [-0.39, 0.29) is 5.91 Å². The van der Waals surface area contributed by atoms with Gasteiger partial charge in [-0.05, 0) is 7.05 Å². The predicted molar refractivity (Wildman–Crippen MR) is 56.3 cm³/mol. The lowest BCUT2D eigenvalue weighted by atomic mass is 10.5. The Morgan fingerprint density at radius 1 is 1.43 bits per heavy atom. The monoisotopic (exact) mass is 203 g/mol. The Morgan fingerprint density at radius 3 is 2.71 bits per heavy atom. The van der Waals surface area contributed by atoms with Gasteiger partial charge < -0.3 is 20.3 Å². The summed E-state index contributed by atoms with van der Waals surface area (Å²) in [6.45, 7) is 3.77. The summed E-state index contributed by atoms with van der Waals surface area (Å²) in [6.07, 6.45) is 0. The number of methoxy groups -OCH3 is 1. The van der Waals surface area contributed by atoms with Crippen molar-refractivity contribution < 1.29 is 9.53 Å². The van der Waals surface area contributed by atoms with Gasteiger partial charge in [0.25, 0.3) is 0 Å². The lowest BCUT2D eigenvalue weighted by molar-refractivity contribution is -0.119. The Bertz CT molecular complexity index is 153. The molecule has 0 aromatic heterocycles. The zero-order chi connectivity index (χ0) is 10.8. The van der Waals surface area contributed by atoms with Crippen molar-refractivity contribution in [2.75, 3.05) is 54.0 Å². The number of hydrogen-bond acceptors (Lipinski definition) is 4. The minimum Gasteiger partial charge on any atom is -0.383 e. The Kier molecular flexibility index (Phi) is 8.51. The highest BCUT2D eigenvalue weighted by Gasteiger charge is 1.98. The molecule has 0 radical (unpaired) electrons. The summed E-state index contributed by atoms with van der Waals surface area (Å²) < 4.78 is 4.95. The summed E-state index contributed by atoms with van der Waals surface area (Å²) in [7, 11) is 5.35. The normalized spacial score (nSPS) is 10.6. The number of likely N-dealkylation sites (N-methyl/N-ethyl adjacent to an activating group) is 2. The van der Waals surface area contributed by atoms with E-state index in [2.05, 4.69) is 15.5 Å². The lowest BCUT2D eigenvalue weighted by Gasteiger charge is -2.15. The van der Waals surface area contributed by atoms with Crippen LogP contribution in [0.3, 0.4) is 0 Å². The van der Waals surface area contributed by atoms with Crippen LogP contribution < -0.4 is 10.6 Å². The fourth-order valence-corrected chi connectivity index (χ4v) is 0.919. The van der Waals surface area contributed by atoms with Crippen LogP contribution in [0.15, 0.2) is 0 Å². The molecule has 5 heteroatoms. The van der Waals surface area contributed by atoms with Crippen molar-refractivity contribution in [3.05, 3.63) is 0 Å². The number of nitrogens with zero attached hydrogens (tertiary/aromatic N) is 1. The first-order valence-corrected chi connectivity index (χ1v) is 4.79. The molecular formula is C9H21N3O2. The molecule has 0 aromatic carbocycles. The minimum atomic E-state index is 0.0181. The van der Waals surface area contributed by atoms with E-state index in [1.54, 1.807) is 14.2 Å². The third-order valence-electron chi connectivity index (χ3n) is 1.91. The number of carbonyl (C=O) groups excluding carboxylic acids is 1. The van der Waals surface area contributed by atoms with Gasteiger partial charge in [0.1, 0.15) is 0 Å². The number of ether oxygens (including phenoxy) is 1. The molecule has 0 atom stereocenters. The highest BCUT2D eigenvalue weighted by atomic mass is 16.5. The largest absolute Gasteiger partial charge is 0.383 e. The average molecular weight is 203 g/mol. The van der Waals surface area contributed by atoms with Gasteiger partial charge in [0.2, 0.25) is 5.91 Å². The van der Waals surface area contributed by atoms with E-state index in [4.69, 9.17) is 4.74 Å². The Hall–Kier alpha value is -0.650. The molecule has 0 aliphatic rings. The topological polar surface area (TPSA) is 53.6 Å². The van der Waals surface area contributed by atoms with Crippen LogP contribution in [0.1, 0.15) is 0 Å². The maximum atomic E-state index is 10.8. The fraction of sp³-hybridized carbons (Fsp3) is 0.889. The molecule has 0 aromatic rings. The van der Waals surface area contributed by atoms with E-state index in [1.807, 2.05) is 7.05 Å². The molecule has 0 spiro atoms. The molecule has 2 N–H and O–H groups in total. The summed E-state index contributed by atoms with van der Waals surface area (Å²) in [4.78, 5) is 13.0. The van der Waals surface area contributed by atoms with Gasteiger partial charge in [-0.2, -0.15) is 0 Å². The molecule has 14 heavy (non-hydrogen) atoms. The first kappa shape index (κ1) is 13.4. The Labute approximate surface area is 85.8 Å². The molecule has 0 aliphatic carbocycles. The molecular weight excluding hydrogens is 182 g/mol. The van der Waals surface area contributed by atoms with Crippen molar-refractivity contribution in [3.63, 3.8) is 0 Å². The third kappa shape index (κ3) is 7.97. The van der Waals surface area contributed by atoms with Crippen LogP contribution in [0.2, 0.25) is 0 Å². The van der Waals surface area contributed by atoms with Crippen molar-refractivity contribution in [2.24, 2.45) is 0 Å². The SMILES string of the molecule is CNC(=O)CNCCN(C)CCOC. The van der Waals surface area contributed by atoms with Crippen LogP contribution in [0.5, 0.6) is 0 Å². The minimum absolute atomic E-state index is 0.0181. The first-order valence-electron chi connectivity index (χ1n) is 4.79. The first-order chi connectivity index (χ1) is 6.70. The highest BCUT2D eigenvalue weighted by molar-refractivity contribution is 5.77. The summed E-state index contributed by atoms with van der Waals surface area (Å²) in [5, 5.41) is 5.60. The molecule has 0 fully saturated rings. The van der Waals surface area contributed by atoms with Gasteiger partial charge in [0, 0.05) is 33.8 Å². The number of nitrogens with one attached hydrogen (secondary N) is 2. The molecule has 0 unspecified atom stereocenters. The number of amides is 1. The van der Waals surface area contributed by atoms with Crippen LogP contribution in [0.4, 0.5) is 0 Å². The summed E-state index contributed by atoms with van der Waals surface area (Å²) >= 11 is 0. The van der Waals surface area contributed by atoms with Crippen molar-refractivity contribution in [3.8, 4) is 0 Å². The fourth-order valence-electron chi connectivity index (χ4n) is 0.919. The van der Waals surface area contributed by atoms with Crippen molar-refractivity contribution in [1.29, 1.82) is 0 Å². The highest BCUT2D eigenvalue weighted by Crippen LogP contribution is 1.80. The van der Waals surface area contributed by atoms with Crippen molar-refractivity contribution >= 4 is 5.91 Å². The van der Waals surface area contributed by atoms with Gasteiger partial charge >= 0.3 is 0 Å². The molecule has 84 valence electrons. The number of carbonyl (C=O) groups is 1. The van der Waals surface area contributed by atoms with Crippen LogP contribution in [-0.4, -0.2) is 64.8 Å². The van der Waals surface area contributed by atoms with Gasteiger partial charge in [-0.3, -0.25) is 4.79 Å². The second-order valence-electron chi connectivity index (χ2n) is 3.15. The molecule has 0 bridgehead atoms. The maximum Gasteiger partial charge on any atom is 0.233 e. The van der Waals surface area contributed by atoms with E-state index in [0.29, 0.717) is 6.54 Å². The lowest BCUT2D eigenvalue weighted by Crippen LogP contribution is -2.36. The molecule has 0 rings (SSSR count). The van der Waals surface area contributed by atoms with E-state index in [1.165, 1.54) is 0 Å². The molecule has 0 saturated heterocycles. The van der Waals surface area contributed by atoms with Gasteiger partial charge in [-0.25, -0.2) is 0 Å². The molecule has 0 heterocycles. The van der Waals surface area contributed by atoms with Crippen LogP contribution >= 0.6 is 0 Å². The summed E-state index contributed by atoms with van der Waals surface area (Å²) in [5.74, 6) is 0.0181. The Morgan fingerprint density at radius 2 is 2.14 bits per heavy atom. The molecule has 0 saturated carbocycles. The van der Waals surface area contributed by atoms with Gasteiger partial charge in [0.05, 0.1) is 13.2 Å². The number of hydrogen-bond donors (Lipinski definition) is 2. The van der Waals surface area contributed by atoms with Crippen molar-refractivity contribution in [1.82, 2.24) is 15.5 Å². The maximum absolute atomic E-state index is 10.8. The van der Waals surface area contributed by atoms with E-state index in [0.717, 1.165) is 26.2 Å². The number of rotatable bonds is 8. The van der Waals surface area contributed by atoms with Crippen molar-refractivity contribution in [2.45, 2.75) is 0 Å². The summed E-state index contributed by atoms with van der Waals surface area (Å²) in [5.41, 5.74) is 0. The van der Waals surface area contributed by atoms with E-state index >= 15 is 0 Å². The zero-order valence-electron chi connectivity index (χ0n) is 9.30. The quantitative estimate of drug-likeness (QED) is 0.492. The van der Waals surface area contributed by atoms with E-state index in [9.17, 15) is 4.79 Å². The molecule has 1 amide bonds. The van der Waals surface area contributed by atoms with Crippen LogP contribution in [0, 0.1) is 0 Å². The molecule has 5 nitrogen and oxygen atoms in total. The Balaban J connectivity index is 3.22. The zero-order valence-corrected chi connectivity index (χ0v) is 9.30. The average Bonchev–Trinajstić information content (AvgIpc) is 2.21. The van der Waals surface area contributed by atoms with Crippen LogP contribution in [0.25, 0.3) is 0 Å². The standard InChI is InChI=1S/C9H21N3O2/c1-10-9(13)8-11-4-5-12(2)6-7-14-3/h11H,4-8H2,1-3H3,(H,10,13). The van der Waals surface area contributed by atoms with Gasteiger partial charge in [-0.15, -0.1) is 0 Å². The smallest absolute Gasteiger partial charge is 0.233 e. The van der Waals surface area contributed by atoms with Gasteiger partial charge in [0.15, 0.2) is 0 Å². The van der Waals surface area contributed by atoms with Gasteiger partial charge in [-0.1, -0.05) is 0 Å². The predicted octanol–water partition coefficient (Wildman–Crippen LogP) is -1.10. The summed E-state index contributed by atoms with van der Waals surface area (Å²) in [6, 6.07) is 0.